The van der Waals surface area contributed by atoms with Gasteiger partial charge in [0.15, 0.2) is 0 Å². The van der Waals surface area contributed by atoms with E-state index >= 15 is 0 Å². The first-order chi connectivity index (χ1) is 16.3. The highest BCUT2D eigenvalue weighted by Crippen LogP contribution is 2.26. The third kappa shape index (κ3) is 4.41. The predicted molar refractivity (Wildman–Crippen MR) is 137 cm³/mol. The van der Waals surface area contributed by atoms with Crippen molar-refractivity contribution in [1.29, 1.82) is 0 Å². The third-order valence-electron chi connectivity index (χ3n) is 5.88. The number of aryl methyl sites for hydroxylation is 1. The molecule has 0 fully saturated rings. The minimum Gasteiger partial charge on any atom is -0.249 e. The van der Waals surface area contributed by atoms with E-state index < -0.39 is 0 Å². The Labute approximate surface area is 193 Å². The van der Waals surface area contributed by atoms with Gasteiger partial charge in [0.05, 0.1) is 45.6 Å². The van der Waals surface area contributed by atoms with Crippen LogP contribution in [-0.2, 0) is 6.42 Å². The summed E-state index contributed by atoms with van der Waals surface area (Å²) in [5.41, 5.74) is 9.93. The molecule has 0 radical (unpaired) electrons. The van der Waals surface area contributed by atoms with E-state index in [1.54, 1.807) is 0 Å². The molecule has 0 atom stereocenters. The van der Waals surface area contributed by atoms with Gasteiger partial charge in [0.25, 0.3) is 0 Å². The molecule has 1 aromatic carbocycles. The second-order valence-electron chi connectivity index (χ2n) is 8.39. The molecule has 0 spiro atoms. The molecular formula is C29H22N4. The van der Waals surface area contributed by atoms with Gasteiger partial charge in [-0.25, -0.2) is 20.0 Å². The Morgan fingerprint density at radius 1 is 0.485 bits per heavy atom. The highest BCUT2D eigenvalue weighted by atomic mass is 14.8. The van der Waals surface area contributed by atoms with Crippen molar-refractivity contribution in [2.45, 2.75) is 19.3 Å². The summed E-state index contributed by atoms with van der Waals surface area (Å²) in [7, 11) is 0. The highest BCUT2D eigenvalue weighted by Gasteiger charge is 2.16. The Bertz CT molecular complexity index is 1390. The van der Waals surface area contributed by atoms with E-state index in [2.05, 4.69) is 47.5 Å². The predicted octanol–water partition coefficient (Wildman–Crippen LogP) is 5.97. The summed E-state index contributed by atoms with van der Waals surface area (Å²) in [6, 6.07) is 10.6. The van der Waals surface area contributed by atoms with Crippen LogP contribution < -0.4 is 0 Å². The molecule has 4 heteroatoms. The third-order valence-corrected chi connectivity index (χ3v) is 5.88. The second kappa shape index (κ2) is 8.40. The smallest absolute Gasteiger partial charge is 0.0691 e. The van der Waals surface area contributed by atoms with Crippen LogP contribution in [0.5, 0.6) is 0 Å². The van der Waals surface area contributed by atoms with Gasteiger partial charge >= 0.3 is 0 Å². The lowest BCUT2D eigenvalue weighted by molar-refractivity contribution is 0.831. The van der Waals surface area contributed by atoms with Crippen LogP contribution in [0.15, 0.2) is 145 Å². The maximum atomic E-state index is 4.92. The quantitative estimate of drug-likeness (QED) is 0.569. The molecule has 0 aliphatic carbocycles. The monoisotopic (exact) mass is 426 g/mol. The van der Waals surface area contributed by atoms with Crippen molar-refractivity contribution in [3.63, 3.8) is 0 Å². The zero-order valence-electron chi connectivity index (χ0n) is 18.1. The van der Waals surface area contributed by atoms with Crippen molar-refractivity contribution < 1.29 is 0 Å². The van der Waals surface area contributed by atoms with Crippen LogP contribution >= 0.6 is 0 Å². The summed E-state index contributed by atoms with van der Waals surface area (Å²) in [6.45, 7) is 0. The van der Waals surface area contributed by atoms with Gasteiger partial charge in [0, 0.05) is 0 Å². The van der Waals surface area contributed by atoms with Crippen LogP contribution in [0.4, 0.5) is 0 Å². The number of benzene rings is 1. The normalized spacial score (nSPS) is 19.9. The molecule has 33 heavy (non-hydrogen) atoms. The van der Waals surface area contributed by atoms with E-state index in [0.29, 0.717) is 0 Å². The first kappa shape index (κ1) is 19.5. The van der Waals surface area contributed by atoms with Crippen LogP contribution in [0.25, 0.3) is 0 Å². The van der Waals surface area contributed by atoms with Gasteiger partial charge in [0.1, 0.15) is 0 Å². The number of allylic oxidation sites excluding steroid dienone is 12. The molecule has 6 rings (SSSR count). The molecule has 8 bridgehead atoms. The van der Waals surface area contributed by atoms with Crippen LogP contribution in [-0.4, -0.2) is 22.8 Å². The summed E-state index contributed by atoms with van der Waals surface area (Å²) in [4.78, 5) is 19.1. The molecule has 1 aromatic rings. The zero-order chi connectivity index (χ0) is 22.0. The summed E-state index contributed by atoms with van der Waals surface area (Å²) in [5, 5.41) is 0. The van der Waals surface area contributed by atoms with Crippen LogP contribution in [0.2, 0.25) is 0 Å². The average Bonchev–Trinajstić information content (AvgIpc) is 3.60. The van der Waals surface area contributed by atoms with Gasteiger partial charge in [-0.05, 0) is 97.2 Å². The molecule has 0 N–H and O–H groups in total. The van der Waals surface area contributed by atoms with Gasteiger partial charge in [-0.15, -0.1) is 0 Å². The van der Waals surface area contributed by atoms with Crippen LogP contribution in [0.3, 0.4) is 0 Å². The van der Waals surface area contributed by atoms with Crippen molar-refractivity contribution in [3.05, 3.63) is 131 Å². The van der Waals surface area contributed by atoms with Gasteiger partial charge < -0.3 is 0 Å². The highest BCUT2D eigenvalue weighted by molar-refractivity contribution is 6.16. The summed E-state index contributed by atoms with van der Waals surface area (Å²) < 4.78 is 0. The number of hydrogen-bond acceptors (Lipinski definition) is 4. The summed E-state index contributed by atoms with van der Waals surface area (Å²) in [6.07, 6.45) is 25.5. The average molecular weight is 427 g/mol. The maximum Gasteiger partial charge on any atom is 0.0691 e. The fourth-order valence-electron chi connectivity index (χ4n) is 4.28. The summed E-state index contributed by atoms with van der Waals surface area (Å²) >= 11 is 0. The first-order valence-corrected chi connectivity index (χ1v) is 11.3. The minimum absolute atomic E-state index is 0.894. The van der Waals surface area contributed by atoms with E-state index in [9.17, 15) is 0 Å². The molecule has 0 saturated heterocycles. The van der Waals surface area contributed by atoms with Crippen molar-refractivity contribution in [2.24, 2.45) is 20.0 Å². The van der Waals surface area contributed by atoms with Crippen molar-refractivity contribution >= 4 is 22.8 Å². The lowest BCUT2D eigenvalue weighted by atomic mass is 10.0. The van der Waals surface area contributed by atoms with Gasteiger partial charge in [-0.2, -0.15) is 0 Å². The van der Waals surface area contributed by atoms with Gasteiger partial charge in [0.2, 0.25) is 0 Å². The second-order valence-corrected chi connectivity index (χ2v) is 8.39. The number of aliphatic imine (C=N–C) groups is 4. The number of hydrogen-bond donors (Lipinski definition) is 0. The molecule has 0 unspecified atom stereocenters. The van der Waals surface area contributed by atoms with Crippen molar-refractivity contribution in [1.82, 2.24) is 0 Å². The van der Waals surface area contributed by atoms with E-state index in [0.717, 1.165) is 64.9 Å². The number of fused-ring (bicyclic) bond motifs is 4. The molecule has 5 aliphatic rings. The topological polar surface area (TPSA) is 49.4 Å². The zero-order valence-corrected chi connectivity index (χ0v) is 18.1. The molecule has 0 saturated carbocycles. The molecule has 158 valence electrons. The molecular weight excluding hydrogens is 404 g/mol. The Morgan fingerprint density at radius 3 is 1.70 bits per heavy atom. The van der Waals surface area contributed by atoms with E-state index in [1.165, 1.54) is 11.1 Å². The Kier molecular flexibility index (Phi) is 4.96. The van der Waals surface area contributed by atoms with Gasteiger partial charge in [-0.1, -0.05) is 30.3 Å². The van der Waals surface area contributed by atoms with E-state index in [-0.39, 0.29) is 0 Å². The Morgan fingerprint density at radius 2 is 1.06 bits per heavy atom. The van der Waals surface area contributed by atoms with E-state index in [4.69, 9.17) is 15.0 Å². The Balaban J connectivity index is 1.33. The molecule has 4 nitrogen and oxygen atoms in total. The standard InChI is InChI=1S/C29H22N4/c1-2-5-20(6-3-1)7-4-8-21-15-28-18-26-12-11-24(31-26)16-22-9-10-23(30-22)17-25-13-14-27(32-25)19-29(21)33-28/h1-3,5-6,9-19H,4,7-8H2. The minimum atomic E-state index is 0.894. The summed E-state index contributed by atoms with van der Waals surface area (Å²) in [5.74, 6) is 0. The number of rotatable bonds is 4. The molecule has 0 aromatic heterocycles. The molecule has 5 aliphatic heterocycles. The first-order valence-electron chi connectivity index (χ1n) is 11.3. The van der Waals surface area contributed by atoms with Crippen LogP contribution in [0, 0.1) is 0 Å². The Hall–Kier alpha value is -4.18. The fraction of sp³-hybridized carbons (Fsp3) is 0.103. The van der Waals surface area contributed by atoms with Gasteiger partial charge in [-0.3, -0.25) is 0 Å². The van der Waals surface area contributed by atoms with Crippen LogP contribution in [0.1, 0.15) is 18.4 Å². The van der Waals surface area contributed by atoms with Crippen molar-refractivity contribution in [3.8, 4) is 0 Å². The molecule has 0 amide bonds. The fourth-order valence-corrected chi connectivity index (χ4v) is 4.28. The lowest BCUT2D eigenvalue weighted by Gasteiger charge is -2.04. The van der Waals surface area contributed by atoms with Crippen molar-refractivity contribution in [2.75, 3.05) is 0 Å². The lowest BCUT2D eigenvalue weighted by Crippen LogP contribution is -1.98. The SMILES string of the molecule is C1=CC2=NC1=CC1=NC(=CC3=NC(=CC4=NC(=C2)C=C4)C=C3CCCc2ccccc2)C=C1. The molecule has 5 heterocycles. The maximum absolute atomic E-state index is 4.92. The van der Waals surface area contributed by atoms with E-state index in [1.807, 2.05) is 54.7 Å². The number of nitrogens with zero attached hydrogens (tertiary/aromatic N) is 4. The largest absolute Gasteiger partial charge is 0.249 e.